The van der Waals surface area contributed by atoms with Crippen molar-refractivity contribution in [3.05, 3.63) is 28.2 Å². The molecule has 8 heteroatoms. The lowest BCUT2D eigenvalue weighted by molar-refractivity contribution is -0.0258. The third-order valence-corrected chi connectivity index (χ3v) is 4.69. The Bertz CT molecular complexity index is 572. The predicted molar refractivity (Wildman–Crippen MR) is 72.1 cm³/mol. The molecular formula is C11H14BrNO5S. The summed E-state index contributed by atoms with van der Waals surface area (Å²) in [5, 5.41) is 0. The van der Waals surface area contributed by atoms with Gasteiger partial charge in [0.2, 0.25) is 0 Å². The summed E-state index contributed by atoms with van der Waals surface area (Å²) in [4.78, 5) is 16.3. The number of hydroxylamine groups is 1. The molecule has 0 aliphatic rings. The quantitative estimate of drug-likeness (QED) is 0.597. The number of hydrogen-bond donors (Lipinski definition) is 0. The molecule has 19 heavy (non-hydrogen) atoms. The average molecular weight is 352 g/mol. The molecule has 0 aliphatic carbocycles. The molecule has 0 bridgehead atoms. The van der Waals surface area contributed by atoms with Crippen LogP contribution in [-0.4, -0.2) is 39.6 Å². The zero-order valence-corrected chi connectivity index (χ0v) is 13.1. The molecule has 1 rings (SSSR count). The van der Waals surface area contributed by atoms with Crippen LogP contribution in [0, 0.1) is 0 Å². The smallest absolute Gasteiger partial charge is 0.339 e. The summed E-state index contributed by atoms with van der Waals surface area (Å²) in [5.74, 6) is -0.591. The van der Waals surface area contributed by atoms with E-state index in [2.05, 4.69) is 20.8 Å². The summed E-state index contributed by atoms with van der Waals surface area (Å²) in [6.07, 6.45) is 0. The van der Waals surface area contributed by atoms with Crippen LogP contribution in [0.2, 0.25) is 0 Å². The number of carbonyl (C=O) groups is 1. The highest BCUT2D eigenvalue weighted by atomic mass is 79.9. The third kappa shape index (κ3) is 3.53. The molecule has 0 aliphatic heterocycles. The molecule has 0 heterocycles. The van der Waals surface area contributed by atoms with Crippen molar-refractivity contribution in [1.82, 2.24) is 4.47 Å². The van der Waals surface area contributed by atoms with Gasteiger partial charge in [-0.2, -0.15) is 0 Å². The van der Waals surface area contributed by atoms with E-state index in [0.717, 1.165) is 0 Å². The summed E-state index contributed by atoms with van der Waals surface area (Å²) < 4.78 is 30.1. The molecular weight excluding hydrogens is 338 g/mol. The van der Waals surface area contributed by atoms with Gasteiger partial charge in [-0.05, 0) is 41.1 Å². The fourth-order valence-corrected chi connectivity index (χ4v) is 2.69. The largest absolute Gasteiger partial charge is 0.462 e. The van der Waals surface area contributed by atoms with Gasteiger partial charge >= 0.3 is 5.97 Å². The highest BCUT2D eigenvalue weighted by Crippen LogP contribution is 2.23. The fourth-order valence-electron chi connectivity index (χ4n) is 1.28. The monoisotopic (exact) mass is 351 g/mol. The molecule has 0 amide bonds. The number of hydrogen-bond acceptors (Lipinski definition) is 5. The maximum absolute atomic E-state index is 12.0. The summed E-state index contributed by atoms with van der Waals surface area (Å²) in [7, 11) is -1.29. The third-order valence-electron chi connectivity index (χ3n) is 2.33. The minimum atomic E-state index is -3.79. The molecule has 0 N–H and O–H groups in total. The summed E-state index contributed by atoms with van der Waals surface area (Å²) in [5.41, 5.74) is 0.146. The van der Waals surface area contributed by atoms with Crippen molar-refractivity contribution in [1.29, 1.82) is 0 Å². The molecule has 0 radical (unpaired) electrons. The van der Waals surface area contributed by atoms with Gasteiger partial charge in [0.05, 0.1) is 24.2 Å². The first-order valence-corrected chi connectivity index (χ1v) is 7.57. The summed E-state index contributed by atoms with van der Waals surface area (Å²) in [6, 6.07) is 4.09. The number of nitrogens with zero attached hydrogens (tertiary/aromatic N) is 1. The zero-order chi connectivity index (χ0) is 14.6. The summed E-state index contributed by atoms with van der Waals surface area (Å²) >= 11 is 3.18. The Labute approximate surface area is 120 Å². The number of sulfonamides is 1. The standard InChI is InChI=1S/C11H14BrNO5S/c1-4-18-11(14)9-7-8(5-6-10(9)12)19(15,16)13(2)17-3/h5-7H,4H2,1-3H3. The van der Waals surface area contributed by atoms with E-state index in [9.17, 15) is 13.2 Å². The van der Waals surface area contributed by atoms with Gasteiger partial charge in [0.25, 0.3) is 10.0 Å². The molecule has 0 saturated heterocycles. The number of esters is 1. The molecule has 6 nitrogen and oxygen atoms in total. The van der Waals surface area contributed by atoms with E-state index in [1.54, 1.807) is 6.92 Å². The van der Waals surface area contributed by atoms with Gasteiger partial charge in [-0.25, -0.2) is 13.2 Å². The molecule has 0 spiro atoms. The minimum Gasteiger partial charge on any atom is -0.462 e. The van der Waals surface area contributed by atoms with Gasteiger partial charge in [0.15, 0.2) is 0 Å². The minimum absolute atomic E-state index is 0.0527. The van der Waals surface area contributed by atoms with E-state index in [0.29, 0.717) is 8.94 Å². The van der Waals surface area contributed by atoms with Gasteiger partial charge < -0.3 is 4.74 Å². The van der Waals surface area contributed by atoms with Crippen molar-refractivity contribution >= 4 is 31.9 Å². The van der Waals surface area contributed by atoms with Gasteiger partial charge in [0.1, 0.15) is 0 Å². The molecule has 0 saturated carbocycles. The maximum atomic E-state index is 12.0. The molecule has 1 aromatic rings. The number of ether oxygens (including phenoxy) is 1. The molecule has 106 valence electrons. The first-order valence-electron chi connectivity index (χ1n) is 5.34. The van der Waals surface area contributed by atoms with E-state index in [-0.39, 0.29) is 17.1 Å². The average Bonchev–Trinajstić information content (AvgIpc) is 2.38. The molecule has 0 fully saturated rings. The number of halogens is 1. The van der Waals surface area contributed by atoms with Gasteiger partial charge in [-0.3, -0.25) is 4.84 Å². The van der Waals surface area contributed by atoms with E-state index in [4.69, 9.17) is 4.74 Å². The van der Waals surface area contributed by atoms with E-state index >= 15 is 0 Å². The van der Waals surface area contributed by atoms with Crippen LogP contribution in [0.4, 0.5) is 0 Å². The van der Waals surface area contributed by atoms with Crippen LogP contribution in [0.3, 0.4) is 0 Å². The Morgan fingerprint density at radius 3 is 2.58 bits per heavy atom. The highest BCUT2D eigenvalue weighted by Gasteiger charge is 2.23. The van der Waals surface area contributed by atoms with Crippen molar-refractivity contribution in [2.24, 2.45) is 0 Å². The second kappa shape index (κ2) is 6.47. The first-order chi connectivity index (χ1) is 8.84. The van der Waals surface area contributed by atoms with Gasteiger partial charge in [0, 0.05) is 11.5 Å². The van der Waals surface area contributed by atoms with Crippen LogP contribution in [0.1, 0.15) is 17.3 Å². The number of carbonyl (C=O) groups excluding carboxylic acids is 1. The van der Waals surface area contributed by atoms with Crippen LogP contribution < -0.4 is 0 Å². The lowest BCUT2D eigenvalue weighted by Crippen LogP contribution is -2.26. The van der Waals surface area contributed by atoms with Crippen LogP contribution in [-0.2, 0) is 19.6 Å². The van der Waals surface area contributed by atoms with Crippen LogP contribution in [0.25, 0.3) is 0 Å². The molecule has 0 atom stereocenters. The lowest BCUT2D eigenvalue weighted by atomic mass is 10.2. The lowest BCUT2D eigenvalue weighted by Gasteiger charge is -2.15. The van der Waals surface area contributed by atoms with Crippen molar-refractivity contribution in [3.8, 4) is 0 Å². The summed E-state index contributed by atoms with van der Waals surface area (Å²) in [6.45, 7) is 1.88. The van der Waals surface area contributed by atoms with E-state index in [1.807, 2.05) is 0 Å². The second-order valence-corrected chi connectivity index (χ2v) is 6.25. The SMILES string of the molecule is CCOC(=O)c1cc(S(=O)(=O)N(C)OC)ccc1Br. The van der Waals surface area contributed by atoms with Gasteiger partial charge in [-0.15, -0.1) is 0 Å². The van der Waals surface area contributed by atoms with Crippen molar-refractivity contribution in [2.75, 3.05) is 20.8 Å². The second-order valence-electron chi connectivity index (χ2n) is 3.46. The Kier molecular flexibility index (Phi) is 5.48. The fraction of sp³-hybridized carbons (Fsp3) is 0.364. The Morgan fingerprint density at radius 2 is 2.05 bits per heavy atom. The Morgan fingerprint density at radius 1 is 1.42 bits per heavy atom. The molecule has 0 aromatic heterocycles. The number of rotatable bonds is 5. The van der Waals surface area contributed by atoms with Crippen LogP contribution in [0.15, 0.2) is 27.6 Å². The van der Waals surface area contributed by atoms with Crippen molar-refractivity contribution in [2.45, 2.75) is 11.8 Å². The molecule has 1 aromatic carbocycles. The zero-order valence-electron chi connectivity index (χ0n) is 10.7. The Hall–Kier alpha value is -0.960. The van der Waals surface area contributed by atoms with E-state index in [1.165, 1.54) is 32.4 Å². The maximum Gasteiger partial charge on any atom is 0.339 e. The normalized spacial score (nSPS) is 11.6. The Balaban J connectivity index is 3.27. The van der Waals surface area contributed by atoms with Gasteiger partial charge in [-0.1, -0.05) is 4.47 Å². The van der Waals surface area contributed by atoms with Crippen LogP contribution >= 0.6 is 15.9 Å². The predicted octanol–water partition coefficient (Wildman–Crippen LogP) is 1.81. The topological polar surface area (TPSA) is 72.9 Å². The van der Waals surface area contributed by atoms with Crippen molar-refractivity contribution < 1.29 is 22.8 Å². The number of benzene rings is 1. The van der Waals surface area contributed by atoms with Crippen LogP contribution in [0.5, 0.6) is 0 Å². The molecule has 0 unspecified atom stereocenters. The van der Waals surface area contributed by atoms with Crippen molar-refractivity contribution in [3.63, 3.8) is 0 Å². The first kappa shape index (κ1) is 16.1. The highest BCUT2D eigenvalue weighted by molar-refractivity contribution is 9.10. The van der Waals surface area contributed by atoms with E-state index < -0.39 is 16.0 Å².